The van der Waals surface area contributed by atoms with Crippen molar-refractivity contribution < 1.29 is 14.7 Å². The Morgan fingerprint density at radius 3 is 2.76 bits per heavy atom. The second-order valence-corrected chi connectivity index (χ2v) is 9.58. The Labute approximate surface area is 149 Å². The minimum atomic E-state index is -0.273. The van der Waals surface area contributed by atoms with E-state index in [1.807, 2.05) is 0 Å². The van der Waals surface area contributed by atoms with E-state index in [9.17, 15) is 10.2 Å². The molecule has 5 bridgehead atoms. The number of hydrogen-bond acceptors (Lipinski definition) is 3. The van der Waals surface area contributed by atoms with Crippen molar-refractivity contribution in [2.75, 3.05) is 19.0 Å². The number of rotatable bonds is 1. The van der Waals surface area contributed by atoms with Crippen molar-refractivity contribution in [1.82, 2.24) is 0 Å². The molecule has 7 rings (SSSR count). The molecule has 0 aromatic heterocycles. The monoisotopic (exact) mass is 341 g/mol. The van der Waals surface area contributed by atoms with Crippen LogP contribution in [0.5, 0.6) is 0 Å². The Morgan fingerprint density at radius 1 is 1.24 bits per heavy atom. The van der Waals surface area contributed by atoms with Crippen molar-refractivity contribution in [2.24, 2.45) is 17.8 Å². The van der Waals surface area contributed by atoms with Crippen LogP contribution in [-0.2, 0) is 5.41 Å². The SMILES string of the molecule is CC[C@H]1[C@H]2C[C@H]3[C@@H]4N(C)c5ccccc5[C@]45C[C@@H]([C@@H]2[C@@H]5O)[N@+]3(C)[C@@H]1O. The third-order valence-corrected chi connectivity index (χ3v) is 9.39. The van der Waals surface area contributed by atoms with Crippen molar-refractivity contribution >= 4 is 5.69 Å². The maximum Gasteiger partial charge on any atom is 0.193 e. The quantitative estimate of drug-likeness (QED) is 0.764. The summed E-state index contributed by atoms with van der Waals surface area (Å²) in [5.41, 5.74) is 2.54. The van der Waals surface area contributed by atoms with Crippen LogP contribution in [0.3, 0.4) is 0 Å². The van der Waals surface area contributed by atoms with Gasteiger partial charge in [-0.1, -0.05) is 25.1 Å². The number of para-hydroxylation sites is 1. The molecular weight excluding hydrogens is 312 g/mol. The lowest BCUT2D eigenvalue weighted by Gasteiger charge is -2.66. The van der Waals surface area contributed by atoms with E-state index in [1.54, 1.807) is 0 Å². The molecule has 134 valence electrons. The minimum Gasteiger partial charge on any atom is -0.392 e. The summed E-state index contributed by atoms with van der Waals surface area (Å²) in [6.45, 7) is 2.21. The fourth-order valence-electron chi connectivity index (χ4n) is 8.58. The normalized spacial score (nSPS) is 57.1. The third-order valence-electron chi connectivity index (χ3n) is 9.39. The Hall–Kier alpha value is -1.10. The predicted molar refractivity (Wildman–Crippen MR) is 96.1 cm³/mol. The topological polar surface area (TPSA) is 43.7 Å². The molecule has 0 radical (unpaired) electrons. The number of piperidine rings is 4. The molecule has 0 amide bonds. The van der Waals surface area contributed by atoms with Crippen LogP contribution in [0.4, 0.5) is 5.69 Å². The van der Waals surface area contributed by atoms with Crippen molar-refractivity contribution in [3.63, 3.8) is 0 Å². The van der Waals surface area contributed by atoms with E-state index in [0.29, 0.717) is 35.9 Å². The molecule has 4 heteroatoms. The summed E-state index contributed by atoms with van der Waals surface area (Å²) in [6, 6.07) is 9.87. The smallest absolute Gasteiger partial charge is 0.193 e. The number of likely N-dealkylation sites (N-methyl/N-ethyl adjacent to an activating group) is 2. The van der Waals surface area contributed by atoms with Crippen LogP contribution in [0, 0.1) is 17.8 Å². The zero-order chi connectivity index (χ0) is 17.3. The summed E-state index contributed by atoms with van der Waals surface area (Å²) in [7, 11) is 4.51. The number of benzene rings is 1. The van der Waals surface area contributed by atoms with Crippen LogP contribution in [0.2, 0.25) is 0 Å². The van der Waals surface area contributed by atoms with Crippen molar-refractivity contribution in [1.29, 1.82) is 0 Å². The van der Waals surface area contributed by atoms with Crippen molar-refractivity contribution in [2.45, 2.75) is 62.1 Å². The number of hydrogen-bond donors (Lipinski definition) is 2. The van der Waals surface area contributed by atoms with Gasteiger partial charge in [0.2, 0.25) is 0 Å². The Bertz CT molecular complexity index is 768. The van der Waals surface area contributed by atoms with Gasteiger partial charge in [0.1, 0.15) is 6.04 Å². The van der Waals surface area contributed by atoms with E-state index in [4.69, 9.17) is 0 Å². The molecule has 1 aliphatic carbocycles. The van der Waals surface area contributed by atoms with Gasteiger partial charge in [-0.05, 0) is 24.0 Å². The highest BCUT2D eigenvalue weighted by Crippen LogP contribution is 2.70. The maximum absolute atomic E-state index is 11.7. The van der Waals surface area contributed by atoms with E-state index < -0.39 is 0 Å². The molecule has 10 atom stereocenters. The minimum absolute atomic E-state index is 0.125. The first-order valence-corrected chi connectivity index (χ1v) is 10.0. The predicted octanol–water partition coefficient (Wildman–Crippen LogP) is 1.70. The summed E-state index contributed by atoms with van der Waals surface area (Å²) >= 11 is 0. The Kier molecular flexibility index (Phi) is 2.54. The molecule has 2 N–H and O–H groups in total. The zero-order valence-electron chi connectivity index (χ0n) is 15.3. The number of nitrogens with zero attached hydrogens (tertiary/aromatic N) is 2. The van der Waals surface area contributed by atoms with E-state index in [2.05, 4.69) is 50.2 Å². The lowest BCUT2D eigenvalue weighted by atomic mass is 9.61. The molecule has 1 aromatic carbocycles. The van der Waals surface area contributed by atoms with Crippen molar-refractivity contribution in [3.8, 4) is 0 Å². The maximum atomic E-state index is 11.7. The van der Waals surface area contributed by atoms with Crippen LogP contribution in [0.25, 0.3) is 0 Å². The lowest BCUT2D eigenvalue weighted by Crippen LogP contribution is -2.81. The molecular formula is C21H29N2O2+. The third kappa shape index (κ3) is 1.27. The van der Waals surface area contributed by atoms with Gasteiger partial charge < -0.3 is 15.1 Å². The molecule has 5 fully saturated rings. The highest BCUT2D eigenvalue weighted by atomic mass is 16.3. The van der Waals surface area contributed by atoms with Gasteiger partial charge in [0, 0.05) is 37.4 Å². The first-order chi connectivity index (χ1) is 12.0. The molecule has 25 heavy (non-hydrogen) atoms. The van der Waals surface area contributed by atoms with Crippen LogP contribution in [0.15, 0.2) is 24.3 Å². The molecule has 5 heterocycles. The van der Waals surface area contributed by atoms with Crippen LogP contribution in [0.1, 0.15) is 31.7 Å². The summed E-state index contributed by atoms with van der Waals surface area (Å²) in [4.78, 5) is 2.44. The fourth-order valence-corrected chi connectivity index (χ4v) is 8.58. The van der Waals surface area contributed by atoms with Crippen LogP contribution < -0.4 is 4.90 Å². The van der Waals surface area contributed by atoms with E-state index in [1.165, 1.54) is 11.3 Å². The summed E-state index contributed by atoms with van der Waals surface area (Å²) < 4.78 is 0.779. The van der Waals surface area contributed by atoms with E-state index >= 15 is 0 Å². The average Bonchev–Trinajstić information content (AvgIpc) is 2.99. The van der Waals surface area contributed by atoms with E-state index in [-0.39, 0.29) is 17.7 Å². The molecule has 1 saturated carbocycles. The molecule has 5 aliphatic heterocycles. The average molecular weight is 341 g/mol. The van der Waals surface area contributed by atoms with Gasteiger partial charge in [0.25, 0.3) is 0 Å². The standard InChI is InChI=1S/C21H29N2O2/c1-4-11-12-9-15-18-21(13-7-5-6-8-14(13)22(18)2)10-16(17(12)19(21)24)23(15,3)20(11)25/h5-8,11-12,15-20,24-25H,4,9-10H2,1-3H3/q+1/t11-,12+,15-,16-,17+,18-,19-,20+,21+,23+/m0/s1. The highest BCUT2D eigenvalue weighted by molar-refractivity contribution is 5.66. The second kappa shape index (κ2) is 4.24. The largest absolute Gasteiger partial charge is 0.392 e. The number of fused-ring (bicyclic) bond motifs is 2. The number of anilines is 1. The number of aliphatic hydroxyl groups excluding tert-OH is 2. The molecule has 1 spiro atoms. The van der Waals surface area contributed by atoms with Gasteiger partial charge in [0.05, 0.1) is 30.7 Å². The number of aliphatic hydroxyl groups is 2. The van der Waals surface area contributed by atoms with Gasteiger partial charge in [-0.25, -0.2) is 0 Å². The Morgan fingerprint density at radius 2 is 2.00 bits per heavy atom. The summed E-state index contributed by atoms with van der Waals surface area (Å²) in [5.74, 6) is 1.17. The molecule has 1 aromatic rings. The van der Waals surface area contributed by atoms with Gasteiger partial charge in [0.15, 0.2) is 6.23 Å². The second-order valence-electron chi connectivity index (χ2n) is 9.58. The van der Waals surface area contributed by atoms with E-state index in [0.717, 1.165) is 23.7 Å². The summed E-state index contributed by atoms with van der Waals surface area (Å²) in [6.07, 6.45) is 2.67. The lowest BCUT2D eigenvalue weighted by molar-refractivity contribution is -1.02. The van der Waals surface area contributed by atoms with Crippen LogP contribution in [-0.4, -0.2) is 59.2 Å². The fraction of sp³-hybridized carbons (Fsp3) is 0.714. The summed E-state index contributed by atoms with van der Waals surface area (Å²) in [5, 5.41) is 23.1. The Balaban J connectivity index is 1.63. The zero-order valence-corrected chi connectivity index (χ0v) is 15.3. The molecule has 4 saturated heterocycles. The van der Waals surface area contributed by atoms with Gasteiger partial charge in [-0.2, -0.15) is 0 Å². The molecule has 4 nitrogen and oxygen atoms in total. The molecule has 6 aliphatic rings. The number of quaternary nitrogens is 1. The first kappa shape index (κ1) is 15.0. The first-order valence-electron chi connectivity index (χ1n) is 10.0. The van der Waals surface area contributed by atoms with Gasteiger partial charge in [-0.3, -0.25) is 4.48 Å². The van der Waals surface area contributed by atoms with Gasteiger partial charge in [-0.15, -0.1) is 0 Å². The van der Waals surface area contributed by atoms with Crippen molar-refractivity contribution in [3.05, 3.63) is 29.8 Å². The van der Waals surface area contributed by atoms with Gasteiger partial charge >= 0.3 is 0 Å². The van der Waals surface area contributed by atoms with Crippen LogP contribution >= 0.6 is 0 Å². The molecule has 0 unspecified atom stereocenters. The highest BCUT2D eigenvalue weighted by Gasteiger charge is 2.82.